The van der Waals surface area contributed by atoms with Crippen LogP contribution in [0.25, 0.3) is 11.0 Å². The number of benzene rings is 2. The number of hydrogen-bond acceptors (Lipinski definition) is 2. The molecule has 1 saturated carbocycles. The first-order valence-corrected chi connectivity index (χ1v) is 9.07. The van der Waals surface area contributed by atoms with E-state index in [0.29, 0.717) is 11.6 Å². The molecule has 4 nitrogen and oxygen atoms in total. The van der Waals surface area contributed by atoms with Crippen molar-refractivity contribution >= 4 is 22.6 Å². The Morgan fingerprint density at radius 1 is 1.08 bits per heavy atom. The van der Waals surface area contributed by atoms with Crippen molar-refractivity contribution in [3.63, 3.8) is 0 Å². The van der Waals surface area contributed by atoms with Gasteiger partial charge in [0.05, 0.1) is 11.0 Å². The number of aromatic nitrogens is 2. The number of anilines is 1. The third kappa shape index (κ3) is 3.16. The van der Waals surface area contributed by atoms with Gasteiger partial charge in [-0.2, -0.15) is 0 Å². The molecule has 128 valence electrons. The summed E-state index contributed by atoms with van der Waals surface area (Å²) in [6.45, 7) is 2.08. The van der Waals surface area contributed by atoms with Crippen LogP contribution in [0, 0.1) is 6.92 Å². The first-order chi connectivity index (χ1) is 12.2. The first-order valence-electron chi connectivity index (χ1n) is 9.07. The van der Waals surface area contributed by atoms with Gasteiger partial charge in [-0.05, 0) is 50.1 Å². The normalized spacial score (nSPS) is 15.4. The number of nitrogens with one attached hydrogen (secondary N) is 1. The van der Waals surface area contributed by atoms with Crippen molar-refractivity contribution in [3.05, 3.63) is 59.9 Å². The standard InChI is InChI=1S/C21H23N3O/c1-15-22-19-14-17(23-21(25)16-8-4-2-5-9-16)12-13-20(19)24(15)18-10-6-3-7-11-18/h2,4-5,8-9,12-14,18H,3,6-7,10-11H2,1H3,(H,23,25). The second-order valence-electron chi connectivity index (χ2n) is 6.84. The minimum atomic E-state index is -0.0941. The van der Waals surface area contributed by atoms with E-state index in [1.807, 2.05) is 42.5 Å². The number of aryl methyl sites for hydroxylation is 1. The number of carbonyl (C=O) groups excluding carboxylic acids is 1. The number of amides is 1. The molecule has 0 radical (unpaired) electrons. The summed E-state index contributed by atoms with van der Waals surface area (Å²) in [7, 11) is 0. The zero-order chi connectivity index (χ0) is 17.2. The summed E-state index contributed by atoms with van der Waals surface area (Å²) in [6, 6.07) is 15.9. The highest BCUT2D eigenvalue weighted by atomic mass is 16.1. The highest BCUT2D eigenvalue weighted by Crippen LogP contribution is 2.33. The molecule has 3 aromatic rings. The highest BCUT2D eigenvalue weighted by molar-refractivity contribution is 6.04. The lowest BCUT2D eigenvalue weighted by atomic mass is 9.95. The molecule has 0 saturated heterocycles. The molecular weight excluding hydrogens is 310 g/mol. The molecule has 2 aromatic carbocycles. The Labute approximate surface area is 147 Å². The van der Waals surface area contributed by atoms with Gasteiger partial charge in [0.1, 0.15) is 5.82 Å². The van der Waals surface area contributed by atoms with Gasteiger partial charge in [-0.1, -0.05) is 37.5 Å². The van der Waals surface area contributed by atoms with Gasteiger partial charge in [0.2, 0.25) is 0 Å². The molecule has 4 rings (SSSR count). The molecule has 0 aliphatic heterocycles. The maximum atomic E-state index is 12.3. The predicted molar refractivity (Wildman–Crippen MR) is 101 cm³/mol. The largest absolute Gasteiger partial charge is 0.325 e. The summed E-state index contributed by atoms with van der Waals surface area (Å²) >= 11 is 0. The maximum absolute atomic E-state index is 12.3. The van der Waals surface area contributed by atoms with Gasteiger partial charge in [0.25, 0.3) is 5.91 Å². The lowest BCUT2D eigenvalue weighted by molar-refractivity contribution is 0.102. The SMILES string of the molecule is Cc1nc2cc(NC(=O)c3ccccc3)ccc2n1C1CCCCC1. The summed E-state index contributed by atoms with van der Waals surface area (Å²) in [5.41, 5.74) is 3.57. The van der Waals surface area contributed by atoms with Gasteiger partial charge in [-0.25, -0.2) is 4.98 Å². The van der Waals surface area contributed by atoms with Gasteiger partial charge >= 0.3 is 0 Å². The van der Waals surface area contributed by atoms with E-state index < -0.39 is 0 Å². The molecule has 1 aromatic heterocycles. The Morgan fingerprint density at radius 2 is 1.84 bits per heavy atom. The Hall–Kier alpha value is -2.62. The third-order valence-corrected chi connectivity index (χ3v) is 5.10. The Kier molecular flexibility index (Phi) is 4.26. The van der Waals surface area contributed by atoms with Crippen LogP contribution >= 0.6 is 0 Å². The molecule has 1 aliphatic rings. The Bertz CT molecular complexity index is 892. The van der Waals surface area contributed by atoms with Crippen molar-refractivity contribution in [1.29, 1.82) is 0 Å². The van der Waals surface area contributed by atoms with Crippen LogP contribution in [0.3, 0.4) is 0 Å². The number of rotatable bonds is 3. The molecule has 1 fully saturated rings. The highest BCUT2D eigenvalue weighted by Gasteiger charge is 2.20. The summed E-state index contributed by atoms with van der Waals surface area (Å²) in [5, 5.41) is 2.97. The Morgan fingerprint density at radius 3 is 2.60 bits per heavy atom. The van der Waals surface area contributed by atoms with E-state index in [0.717, 1.165) is 17.0 Å². The van der Waals surface area contributed by atoms with Crippen LogP contribution in [-0.4, -0.2) is 15.5 Å². The van der Waals surface area contributed by atoms with Crippen LogP contribution in [0.1, 0.15) is 54.3 Å². The molecule has 1 amide bonds. The predicted octanol–water partition coefficient (Wildman–Crippen LogP) is 5.10. The monoisotopic (exact) mass is 333 g/mol. The second-order valence-corrected chi connectivity index (χ2v) is 6.84. The number of carbonyl (C=O) groups is 1. The molecule has 0 atom stereocenters. The van der Waals surface area contributed by atoms with Gasteiger partial charge in [0, 0.05) is 17.3 Å². The van der Waals surface area contributed by atoms with E-state index >= 15 is 0 Å². The fraction of sp³-hybridized carbons (Fsp3) is 0.333. The van der Waals surface area contributed by atoms with Gasteiger partial charge in [0.15, 0.2) is 0 Å². The number of imidazole rings is 1. The zero-order valence-corrected chi connectivity index (χ0v) is 14.5. The summed E-state index contributed by atoms with van der Waals surface area (Å²) < 4.78 is 2.39. The van der Waals surface area contributed by atoms with E-state index in [4.69, 9.17) is 4.98 Å². The van der Waals surface area contributed by atoms with Gasteiger partial charge in [-0.15, -0.1) is 0 Å². The van der Waals surface area contributed by atoms with Crippen molar-refractivity contribution in [2.24, 2.45) is 0 Å². The molecule has 1 heterocycles. The average molecular weight is 333 g/mol. The smallest absolute Gasteiger partial charge is 0.255 e. The molecule has 0 bridgehead atoms. The number of hydrogen-bond donors (Lipinski definition) is 1. The Balaban J connectivity index is 1.62. The third-order valence-electron chi connectivity index (χ3n) is 5.10. The molecule has 0 unspecified atom stereocenters. The lowest BCUT2D eigenvalue weighted by Crippen LogP contribution is -2.14. The van der Waals surface area contributed by atoms with Crippen molar-refractivity contribution in [2.45, 2.75) is 45.1 Å². The van der Waals surface area contributed by atoms with Crippen LogP contribution in [-0.2, 0) is 0 Å². The lowest BCUT2D eigenvalue weighted by Gasteiger charge is -2.25. The number of fused-ring (bicyclic) bond motifs is 1. The molecule has 4 heteroatoms. The van der Waals surface area contributed by atoms with Crippen LogP contribution < -0.4 is 5.32 Å². The first kappa shape index (κ1) is 15.9. The molecule has 25 heavy (non-hydrogen) atoms. The van der Waals surface area contributed by atoms with Crippen molar-refractivity contribution in [3.8, 4) is 0 Å². The fourth-order valence-corrected chi connectivity index (χ4v) is 3.89. The van der Waals surface area contributed by atoms with Crippen LogP contribution in [0.4, 0.5) is 5.69 Å². The summed E-state index contributed by atoms with van der Waals surface area (Å²) in [4.78, 5) is 17.1. The van der Waals surface area contributed by atoms with E-state index in [1.54, 1.807) is 0 Å². The van der Waals surface area contributed by atoms with Crippen LogP contribution in [0.5, 0.6) is 0 Å². The number of nitrogens with zero attached hydrogens (tertiary/aromatic N) is 2. The fourth-order valence-electron chi connectivity index (χ4n) is 3.89. The van der Waals surface area contributed by atoms with E-state index in [-0.39, 0.29) is 5.91 Å². The summed E-state index contributed by atoms with van der Waals surface area (Å²) in [5.74, 6) is 0.969. The molecule has 0 spiro atoms. The van der Waals surface area contributed by atoms with Gasteiger partial charge in [-0.3, -0.25) is 4.79 Å². The average Bonchev–Trinajstić information content (AvgIpc) is 2.98. The quantitative estimate of drug-likeness (QED) is 0.724. The molecule has 1 aliphatic carbocycles. The van der Waals surface area contributed by atoms with Crippen molar-refractivity contribution < 1.29 is 4.79 Å². The summed E-state index contributed by atoms with van der Waals surface area (Å²) in [6.07, 6.45) is 6.42. The van der Waals surface area contributed by atoms with Crippen molar-refractivity contribution in [1.82, 2.24) is 9.55 Å². The van der Waals surface area contributed by atoms with Crippen LogP contribution in [0.2, 0.25) is 0 Å². The minimum absolute atomic E-state index is 0.0941. The van der Waals surface area contributed by atoms with Crippen LogP contribution in [0.15, 0.2) is 48.5 Å². The second kappa shape index (κ2) is 6.71. The van der Waals surface area contributed by atoms with Gasteiger partial charge < -0.3 is 9.88 Å². The van der Waals surface area contributed by atoms with E-state index in [9.17, 15) is 4.79 Å². The molecular formula is C21H23N3O. The minimum Gasteiger partial charge on any atom is -0.325 e. The van der Waals surface area contributed by atoms with Crippen molar-refractivity contribution in [2.75, 3.05) is 5.32 Å². The zero-order valence-electron chi connectivity index (χ0n) is 14.5. The van der Waals surface area contributed by atoms with E-state index in [1.165, 1.54) is 37.6 Å². The van der Waals surface area contributed by atoms with E-state index in [2.05, 4.69) is 22.9 Å². The molecule has 1 N–H and O–H groups in total. The maximum Gasteiger partial charge on any atom is 0.255 e. The topological polar surface area (TPSA) is 46.9 Å².